The van der Waals surface area contributed by atoms with Gasteiger partial charge in [-0.1, -0.05) is 0 Å². The van der Waals surface area contributed by atoms with Crippen molar-refractivity contribution in [3.63, 3.8) is 0 Å². The van der Waals surface area contributed by atoms with E-state index < -0.39 is 0 Å². The van der Waals surface area contributed by atoms with Crippen molar-refractivity contribution in [3.8, 4) is 0 Å². The molecule has 0 bridgehead atoms. The third kappa shape index (κ3) is 4.55. The highest BCUT2D eigenvalue weighted by Gasteiger charge is 2.01. The van der Waals surface area contributed by atoms with Crippen molar-refractivity contribution < 1.29 is 5.11 Å². The maximum atomic E-state index is 8.67. The minimum atomic E-state index is 0.287. The van der Waals surface area contributed by atoms with Crippen LogP contribution in [0.2, 0.25) is 0 Å². The molecule has 0 saturated carbocycles. The first-order valence-corrected chi connectivity index (χ1v) is 6.42. The number of thiophene rings is 1. The molecule has 0 saturated heterocycles. The Morgan fingerprint density at radius 1 is 1.50 bits per heavy atom. The van der Waals surface area contributed by atoms with Crippen molar-refractivity contribution in [2.24, 2.45) is 0 Å². The number of halogens is 1. The van der Waals surface area contributed by atoms with E-state index in [0.29, 0.717) is 0 Å². The van der Waals surface area contributed by atoms with E-state index in [1.807, 2.05) is 0 Å². The molecule has 80 valence electrons. The summed E-state index contributed by atoms with van der Waals surface area (Å²) in [7, 11) is 2.10. The summed E-state index contributed by atoms with van der Waals surface area (Å²) in [6.45, 7) is 2.32. The summed E-state index contributed by atoms with van der Waals surface area (Å²) in [6, 6.07) is 2.17. The van der Waals surface area contributed by atoms with Crippen LogP contribution in [0.5, 0.6) is 0 Å². The Morgan fingerprint density at radius 2 is 2.29 bits per heavy atom. The summed E-state index contributed by atoms with van der Waals surface area (Å²) in [5.74, 6) is 0. The highest BCUT2D eigenvalue weighted by Crippen LogP contribution is 2.20. The van der Waals surface area contributed by atoms with Crippen LogP contribution in [0.25, 0.3) is 0 Å². The lowest BCUT2D eigenvalue weighted by Crippen LogP contribution is -2.22. The van der Waals surface area contributed by atoms with Crippen LogP contribution in [0.15, 0.2) is 15.9 Å². The van der Waals surface area contributed by atoms with Crippen LogP contribution in [0.1, 0.15) is 11.3 Å². The molecular weight excluding hydrogens is 262 g/mol. The summed E-state index contributed by atoms with van der Waals surface area (Å²) in [5.41, 5.74) is 0. The molecule has 0 aliphatic heterocycles. The van der Waals surface area contributed by atoms with Gasteiger partial charge in [-0.05, 0) is 41.9 Å². The fraction of sp³-hybridized carbons (Fsp3) is 0.600. The molecule has 0 fully saturated rings. The van der Waals surface area contributed by atoms with E-state index >= 15 is 0 Å². The van der Waals surface area contributed by atoms with Gasteiger partial charge in [0.15, 0.2) is 0 Å². The standard InChI is InChI=1S/C10H16BrNOS/c1-12(4-2-6-13)5-3-10-7-9(11)8-14-10/h7-8,13H,2-6H2,1H3. The van der Waals surface area contributed by atoms with Gasteiger partial charge in [-0.25, -0.2) is 0 Å². The number of likely N-dealkylation sites (N-methyl/N-ethyl adjacent to an activating group) is 1. The summed E-state index contributed by atoms with van der Waals surface area (Å²) in [5, 5.41) is 10.8. The Balaban J connectivity index is 2.20. The fourth-order valence-electron chi connectivity index (χ4n) is 1.24. The van der Waals surface area contributed by atoms with Crippen LogP contribution in [-0.2, 0) is 6.42 Å². The zero-order chi connectivity index (χ0) is 10.4. The van der Waals surface area contributed by atoms with E-state index in [4.69, 9.17) is 5.11 Å². The first-order valence-electron chi connectivity index (χ1n) is 4.74. The Morgan fingerprint density at radius 3 is 2.86 bits per heavy atom. The summed E-state index contributed by atoms with van der Waals surface area (Å²) >= 11 is 5.24. The zero-order valence-electron chi connectivity index (χ0n) is 8.37. The van der Waals surface area contributed by atoms with Gasteiger partial charge in [0, 0.05) is 34.4 Å². The van der Waals surface area contributed by atoms with Crippen LogP contribution in [0.4, 0.5) is 0 Å². The second-order valence-corrected chi connectivity index (χ2v) is 5.27. The fourth-order valence-corrected chi connectivity index (χ4v) is 2.68. The molecule has 1 rings (SSSR count). The molecule has 0 radical (unpaired) electrons. The summed E-state index contributed by atoms with van der Waals surface area (Å²) in [6.07, 6.45) is 1.96. The highest BCUT2D eigenvalue weighted by atomic mass is 79.9. The molecule has 1 aromatic heterocycles. The molecule has 1 heterocycles. The monoisotopic (exact) mass is 277 g/mol. The number of hydrogen-bond donors (Lipinski definition) is 1. The van der Waals surface area contributed by atoms with Gasteiger partial charge in [-0.3, -0.25) is 0 Å². The molecule has 0 atom stereocenters. The molecule has 2 nitrogen and oxygen atoms in total. The number of hydrogen-bond acceptors (Lipinski definition) is 3. The second-order valence-electron chi connectivity index (χ2n) is 3.36. The Bertz CT molecular complexity index is 264. The van der Waals surface area contributed by atoms with Crippen LogP contribution in [-0.4, -0.2) is 36.8 Å². The lowest BCUT2D eigenvalue weighted by molar-refractivity contribution is 0.249. The van der Waals surface area contributed by atoms with Crippen molar-refractivity contribution in [2.75, 3.05) is 26.7 Å². The minimum Gasteiger partial charge on any atom is -0.396 e. The van der Waals surface area contributed by atoms with Crippen molar-refractivity contribution in [3.05, 3.63) is 20.8 Å². The van der Waals surface area contributed by atoms with Gasteiger partial charge in [-0.2, -0.15) is 0 Å². The molecular formula is C10H16BrNOS. The van der Waals surface area contributed by atoms with Crippen molar-refractivity contribution in [1.29, 1.82) is 0 Å². The van der Waals surface area contributed by atoms with Gasteiger partial charge in [0.1, 0.15) is 0 Å². The first kappa shape index (κ1) is 12.2. The minimum absolute atomic E-state index is 0.287. The van der Waals surface area contributed by atoms with E-state index in [9.17, 15) is 0 Å². The van der Waals surface area contributed by atoms with Crippen LogP contribution >= 0.6 is 27.3 Å². The van der Waals surface area contributed by atoms with E-state index in [1.165, 1.54) is 9.35 Å². The second kappa shape index (κ2) is 6.56. The van der Waals surface area contributed by atoms with Gasteiger partial charge >= 0.3 is 0 Å². The Hall–Kier alpha value is 0.1000. The summed E-state index contributed by atoms with van der Waals surface area (Å²) < 4.78 is 1.18. The number of aliphatic hydroxyl groups excluding tert-OH is 1. The average molecular weight is 278 g/mol. The van der Waals surface area contributed by atoms with Crippen LogP contribution < -0.4 is 0 Å². The SMILES string of the molecule is CN(CCCO)CCc1cc(Br)cs1. The smallest absolute Gasteiger partial charge is 0.0443 e. The first-order chi connectivity index (χ1) is 6.72. The maximum absolute atomic E-state index is 8.67. The molecule has 0 spiro atoms. The molecule has 1 aromatic rings. The quantitative estimate of drug-likeness (QED) is 0.863. The van der Waals surface area contributed by atoms with Gasteiger partial charge in [-0.15, -0.1) is 11.3 Å². The predicted molar refractivity (Wildman–Crippen MR) is 64.9 cm³/mol. The number of nitrogens with zero attached hydrogens (tertiary/aromatic N) is 1. The summed E-state index contributed by atoms with van der Waals surface area (Å²) in [4.78, 5) is 3.66. The van der Waals surface area contributed by atoms with Crippen LogP contribution in [0, 0.1) is 0 Å². The van der Waals surface area contributed by atoms with E-state index in [1.54, 1.807) is 11.3 Å². The number of rotatable bonds is 6. The number of aliphatic hydroxyl groups is 1. The van der Waals surface area contributed by atoms with Crippen molar-refractivity contribution >= 4 is 27.3 Å². The topological polar surface area (TPSA) is 23.5 Å². The molecule has 1 N–H and O–H groups in total. The molecule has 0 aliphatic rings. The molecule has 0 amide bonds. The van der Waals surface area contributed by atoms with Crippen LogP contribution in [0.3, 0.4) is 0 Å². The molecule has 0 unspecified atom stereocenters. The maximum Gasteiger partial charge on any atom is 0.0443 e. The van der Waals surface area contributed by atoms with E-state index in [2.05, 4.69) is 39.3 Å². The third-order valence-corrected chi connectivity index (χ3v) is 3.82. The zero-order valence-corrected chi connectivity index (χ0v) is 10.8. The van der Waals surface area contributed by atoms with Gasteiger partial charge in [0.2, 0.25) is 0 Å². The molecule has 4 heteroatoms. The largest absolute Gasteiger partial charge is 0.396 e. The molecule has 14 heavy (non-hydrogen) atoms. The van der Waals surface area contributed by atoms with Gasteiger partial charge in [0.05, 0.1) is 0 Å². The lowest BCUT2D eigenvalue weighted by Gasteiger charge is -2.14. The van der Waals surface area contributed by atoms with Crippen molar-refractivity contribution in [1.82, 2.24) is 4.90 Å². The predicted octanol–water partition coefficient (Wildman–Crippen LogP) is 2.37. The molecule has 0 aromatic carbocycles. The normalized spacial score (nSPS) is 11.1. The Labute approximate surface area is 97.7 Å². The van der Waals surface area contributed by atoms with E-state index in [-0.39, 0.29) is 6.61 Å². The van der Waals surface area contributed by atoms with E-state index in [0.717, 1.165) is 25.9 Å². The Kier molecular flexibility index (Phi) is 5.70. The van der Waals surface area contributed by atoms with Crippen molar-refractivity contribution in [2.45, 2.75) is 12.8 Å². The average Bonchev–Trinajstić information content (AvgIpc) is 2.58. The van der Waals surface area contributed by atoms with Gasteiger partial charge < -0.3 is 10.0 Å². The third-order valence-electron chi connectivity index (χ3n) is 2.06. The lowest BCUT2D eigenvalue weighted by atomic mass is 10.3. The highest BCUT2D eigenvalue weighted by molar-refractivity contribution is 9.10. The van der Waals surface area contributed by atoms with Gasteiger partial charge in [0.25, 0.3) is 0 Å². The molecule has 0 aliphatic carbocycles.